The van der Waals surface area contributed by atoms with Gasteiger partial charge >= 0.3 is 0 Å². The van der Waals surface area contributed by atoms with Crippen molar-refractivity contribution in [2.24, 2.45) is 0 Å². The number of para-hydroxylation sites is 3. The van der Waals surface area contributed by atoms with Crippen molar-refractivity contribution >= 4 is 24.0 Å². The van der Waals surface area contributed by atoms with E-state index in [0.29, 0.717) is 26.0 Å². The molecule has 0 saturated heterocycles. The third-order valence-electron chi connectivity index (χ3n) is 4.13. The Labute approximate surface area is 154 Å². The smallest absolute Gasteiger partial charge is 0.222 e. The lowest BCUT2D eigenvalue weighted by atomic mass is 10.1. The number of amides is 1. The van der Waals surface area contributed by atoms with Crippen LogP contribution < -0.4 is 15.2 Å². The highest BCUT2D eigenvalue weighted by Gasteiger charge is 2.23. The molecule has 5 nitrogen and oxygen atoms in total. The topological polar surface area (TPSA) is 64.8 Å². The first kappa shape index (κ1) is 18.9. The minimum Gasteiger partial charge on any atom is -0.486 e. The fourth-order valence-corrected chi connectivity index (χ4v) is 2.75. The molecule has 2 N–H and O–H groups in total. The van der Waals surface area contributed by atoms with Crippen molar-refractivity contribution in [1.82, 2.24) is 4.90 Å². The molecule has 0 fully saturated rings. The number of hydrogen-bond acceptors (Lipinski definition) is 4. The number of fused-ring (bicyclic) bond motifs is 1. The molecule has 0 spiro atoms. The van der Waals surface area contributed by atoms with Crippen molar-refractivity contribution in [3.05, 3.63) is 54.1 Å². The first-order chi connectivity index (χ1) is 11.6. The highest BCUT2D eigenvalue weighted by molar-refractivity contribution is 5.85. The van der Waals surface area contributed by atoms with E-state index in [9.17, 15) is 4.79 Å². The molecule has 0 saturated carbocycles. The molecule has 1 atom stereocenters. The molecule has 0 aliphatic carbocycles. The fraction of sp³-hybridized carbons (Fsp3) is 0.316. The molecule has 134 valence electrons. The van der Waals surface area contributed by atoms with E-state index in [1.165, 1.54) is 0 Å². The second-order valence-electron chi connectivity index (χ2n) is 5.97. The molecule has 1 aliphatic rings. The van der Waals surface area contributed by atoms with Crippen LogP contribution in [0.25, 0.3) is 0 Å². The van der Waals surface area contributed by atoms with Gasteiger partial charge in [0.15, 0.2) is 17.6 Å². The first-order valence-electron chi connectivity index (χ1n) is 8.09. The molecule has 1 heterocycles. The van der Waals surface area contributed by atoms with Crippen LogP contribution in [-0.4, -0.2) is 37.1 Å². The molecular formula is C19H23ClN2O3. The first-order valence-corrected chi connectivity index (χ1v) is 8.09. The summed E-state index contributed by atoms with van der Waals surface area (Å²) in [6, 6.07) is 15.2. The van der Waals surface area contributed by atoms with Crippen LogP contribution in [0.2, 0.25) is 0 Å². The molecule has 1 amide bonds. The number of hydrogen-bond donors (Lipinski definition) is 1. The molecule has 2 aromatic carbocycles. The van der Waals surface area contributed by atoms with E-state index < -0.39 is 0 Å². The Morgan fingerprint density at radius 2 is 1.84 bits per heavy atom. The van der Waals surface area contributed by atoms with E-state index in [1.807, 2.05) is 48.5 Å². The van der Waals surface area contributed by atoms with E-state index in [2.05, 4.69) is 0 Å². The summed E-state index contributed by atoms with van der Waals surface area (Å²) in [4.78, 5) is 14.0. The minimum absolute atomic E-state index is 0. The second kappa shape index (κ2) is 8.62. The molecule has 1 aliphatic heterocycles. The Balaban J connectivity index is 0.00000225. The lowest BCUT2D eigenvalue weighted by molar-refractivity contribution is -0.131. The molecule has 2 aromatic rings. The maximum absolute atomic E-state index is 12.3. The third-order valence-corrected chi connectivity index (χ3v) is 4.13. The van der Waals surface area contributed by atoms with E-state index in [0.717, 1.165) is 22.7 Å². The van der Waals surface area contributed by atoms with Crippen LogP contribution in [0, 0.1) is 0 Å². The molecule has 0 radical (unpaired) electrons. The maximum Gasteiger partial charge on any atom is 0.222 e. The number of benzene rings is 2. The van der Waals surface area contributed by atoms with E-state index in [1.54, 1.807) is 11.9 Å². The highest BCUT2D eigenvalue weighted by atomic mass is 35.5. The van der Waals surface area contributed by atoms with Gasteiger partial charge in [-0.15, -0.1) is 12.4 Å². The number of carbonyl (C=O) groups excluding carboxylic acids is 1. The van der Waals surface area contributed by atoms with E-state index in [-0.39, 0.29) is 24.4 Å². The van der Waals surface area contributed by atoms with Crippen molar-refractivity contribution in [3.8, 4) is 11.5 Å². The van der Waals surface area contributed by atoms with Gasteiger partial charge in [0, 0.05) is 19.2 Å². The lowest BCUT2D eigenvalue weighted by Crippen LogP contribution is -2.41. The Kier molecular flexibility index (Phi) is 6.53. The SMILES string of the molecule is CN(CC1COc2ccccc2O1)C(=O)CCc1ccccc1N.Cl. The minimum atomic E-state index is -0.157. The number of aryl methyl sites for hydroxylation is 1. The van der Waals surface area contributed by atoms with Crippen LogP contribution >= 0.6 is 12.4 Å². The van der Waals surface area contributed by atoms with Gasteiger partial charge < -0.3 is 20.1 Å². The zero-order chi connectivity index (χ0) is 16.9. The quantitative estimate of drug-likeness (QED) is 0.830. The molecule has 0 aromatic heterocycles. The largest absolute Gasteiger partial charge is 0.486 e. The van der Waals surface area contributed by atoms with Crippen molar-refractivity contribution in [2.75, 3.05) is 25.9 Å². The van der Waals surface area contributed by atoms with Gasteiger partial charge in [-0.25, -0.2) is 0 Å². The Bertz CT molecular complexity index is 723. The number of likely N-dealkylation sites (N-methyl/N-ethyl adjacent to an activating group) is 1. The van der Waals surface area contributed by atoms with Gasteiger partial charge in [-0.3, -0.25) is 4.79 Å². The summed E-state index contributed by atoms with van der Waals surface area (Å²) in [7, 11) is 1.79. The summed E-state index contributed by atoms with van der Waals surface area (Å²) >= 11 is 0. The Hall–Kier alpha value is -2.40. The van der Waals surface area contributed by atoms with Crippen molar-refractivity contribution in [2.45, 2.75) is 18.9 Å². The summed E-state index contributed by atoms with van der Waals surface area (Å²) < 4.78 is 11.6. The summed E-state index contributed by atoms with van der Waals surface area (Å²) in [6.07, 6.45) is 0.908. The number of carbonyl (C=O) groups is 1. The van der Waals surface area contributed by atoms with Crippen LogP contribution in [0.4, 0.5) is 5.69 Å². The molecule has 6 heteroatoms. The van der Waals surface area contributed by atoms with Gasteiger partial charge in [0.2, 0.25) is 5.91 Å². The third kappa shape index (κ3) is 4.79. The predicted molar refractivity (Wildman–Crippen MR) is 100 cm³/mol. The number of halogens is 1. The monoisotopic (exact) mass is 362 g/mol. The van der Waals surface area contributed by atoms with Crippen molar-refractivity contribution in [3.63, 3.8) is 0 Å². The van der Waals surface area contributed by atoms with Gasteiger partial charge in [0.1, 0.15) is 6.61 Å². The van der Waals surface area contributed by atoms with E-state index >= 15 is 0 Å². The average molecular weight is 363 g/mol. The van der Waals surface area contributed by atoms with Gasteiger partial charge in [0.25, 0.3) is 0 Å². The Morgan fingerprint density at radius 1 is 1.16 bits per heavy atom. The summed E-state index contributed by atoms with van der Waals surface area (Å²) in [5.74, 6) is 1.55. The molecule has 1 unspecified atom stereocenters. The number of anilines is 1. The van der Waals surface area contributed by atoms with Gasteiger partial charge in [-0.2, -0.15) is 0 Å². The van der Waals surface area contributed by atoms with Crippen LogP contribution in [0.3, 0.4) is 0 Å². The zero-order valence-corrected chi connectivity index (χ0v) is 15.0. The van der Waals surface area contributed by atoms with Crippen LogP contribution in [0.15, 0.2) is 48.5 Å². The highest BCUT2D eigenvalue weighted by Crippen LogP contribution is 2.31. The zero-order valence-electron chi connectivity index (χ0n) is 14.2. The number of rotatable bonds is 5. The predicted octanol–water partition coefficient (Wildman–Crippen LogP) is 2.92. The number of nitrogen functional groups attached to an aromatic ring is 1. The van der Waals surface area contributed by atoms with Crippen molar-refractivity contribution < 1.29 is 14.3 Å². The summed E-state index contributed by atoms with van der Waals surface area (Å²) in [5.41, 5.74) is 7.65. The fourth-order valence-electron chi connectivity index (χ4n) is 2.75. The maximum atomic E-state index is 12.3. The normalized spacial score (nSPS) is 15.2. The van der Waals surface area contributed by atoms with Gasteiger partial charge in [-0.05, 0) is 30.2 Å². The standard InChI is InChI=1S/C19H22N2O3.ClH/c1-21(19(22)11-10-14-6-2-3-7-16(14)20)12-15-13-23-17-8-4-5-9-18(17)24-15;/h2-9,15H,10-13,20H2,1H3;1H. The Morgan fingerprint density at radius 3 is 2.60 bits per heavy atom. The second-order valence-corrected chi connectivity index (χ2v) is 5.97. The van der Waals surface area contributed by atoms with Crippen LogP contribution in [0.1, 0.15) is 12.0 Å². The molecule has 3 rings (SSSR count). The molecule has 0 bridgehead atoms. The molecular weight excluding hydrogens is 340 g/mol. The van der Waals surface area contributed by atoms with E-state index in [4.69, 9.17) is 15.2 Å². The van der Waals surface area contributed by atoms with Crippen LogP contribution in [-0.2, 0) is 11.2 Å². The van der Waals surface area contributed by atoms with Crippen LogP contribution in [0.5, 0.6) is 11.5 Å². The summed E-state index contributed by atoms with van der Waals surface area (Å²) in [6.45, 7) is 0.942. The number of nitrogens with two attached hydrogens (primary N) is 1. The number of nitrogens with zero attached hydrogens (tertiary/aromatic N) is 1. The average Bonchev–Trinajstić information content (AvgIpc) is 2.60. The lowest BCUT2D eigenvalue weighted by Gasteiger charge is -2.29. The molecule has 25 heavy (non-hydrogen) atoms. The number of ether oxygens (including phenoxy) is 2. The van der Waals surface area contributed by atoms with Gasteiger partial charge in [0.05, 0.1) is 6.54 Å². The summed E-state index contributed by atoms with van der Waals surface area (Å²) in [5, 5.41) is 0. The van der Waals surface area contributed by atoms with Gasteiger partial charge in [-0.1, -0.05) is 30.3 Å². The van der Waals surface area contributed by atoms with Crippen molar-refractivity contribution in [1.29, 1.82) is 0 Å².